The van der Waals surface area contributed by atoms with Crippen LogP contribution in [-0.4, -0.2) is 22.8 Å². The Labute approximate surface area is 191 Å². The Morgan fingerprint density at radius 2 is 2.09 bits per heavy atom. The summed E-state index contributed by atoms with van der Waals surface area (Å²) in [5, 5.41) is 2.80. The average Bonchev–Trinajstić information content (AvgIpc) is 3.30. The highest BCUT2D eigenvalue weighted by Crippen LogP contribution is 2.60. The van der Waals surface area contributed by atoms with Gasteiger partial charge in [0.15, 0.2) is 0 Å². The van der Waals surface area contributed by atoms with Gasteiger partial charge in [-0.1, -0.05) is 29.8 Å². The summed E-state index contributed by atoms with van der Waals surface area (Å²) in [6, 6.07) is 15.8. The molecule has 1 N–H and O–H groups in total. The van der Waals surface area contributed by atoms with Crippen LogP contribution in [-0.2, 0) is 22.4 Å². The minimum Gasteiger partial charge on any atom is -0.489 e. The lowest BCUT2D eigenvalue weighted by molar-refractivity contribution is -0.119. The summed E-state index contributed by atoms with van der Waals surface area (Å²) in [6.45, 7) is 2.04. The summed E-state index contributed by atoms with van der Waals surface area (Å²) in [5.41, 5.74) is 4.27. The van der Waals surface area contributed by atoms with Crippen molar-refractivity contribution >= 4 is 17.5 Å². The third-order valence-corrected chi connectivity index (χ3v) is 6.75. The molecule has 0 unspecified atom stereocenters. The number of Topliss-reactive ketones (excluding diaryl/α,β-unsaturated/α-hetero) is 1. The number of ether oxygens (including phenoxy) is 2. The molecular weight excluding hydrogens is 416 g/mol. The van der Waals surface area contributed by atoms with Crippen molar-refractivity contribution in [1.82, 2.24) is 4.98 Å². The molecule has 6 nitrogen and oxygen atoms in total. The number of pyridine rings is 1. The number of aromatic nitrogens is 1. The minimum atomic E-state index is -0.0235. The van der Waals surface area contributed by atoms with Crippen molar-refractivity contribution in [2.45, 2.75) is 44.6 Å². The zero-order valence-corrected chi connectivity index (χ0v) is 18.3. The van der Waals surface area contributed by atoms with Gasteiger partial charge in [0.05, 0.1) is 0 Å². The number of carbonyl (C=O) groups excluding carboxylic acids is 2. The number of carbonyl (C=O) groups is 2. The van der Waals surface area contributed by atoms with E-state index in [-0.39, 0.29) is 29.6 Å². The van der Waals surface area contributed by atoms with E-state index in [0.29, 0.717) is 37.3 Å². The Balaban J connectivity index is 1.15. The SMILES string of the molecule is Cc1cccc(CC(=O)C[C@H]2[C@@H]3Oc4ccc(Oc5ccnc6c5CCC(=O)N6)cc4[C@H]23)c1. The van der Waals surface area contributed by atoms with E-state index in [2.05, 4.69) is 16.4 Å². The maximum atomic E-state index is 12.7. The normalized spacial score (nSPS) is 21.8. The summed E-state index contributed by atoms with van der Waals surface area (Å²) in [6.07, 6.45) is 3.76. The molecule has 3 aromatic rings. The first-order valence-electron chi connectivity index (χ1n) is 11.4. The summed E-state index contributed by atoms with van der Waals surface area (Å²) in [5.74, 6) is 3.58. The number of rotatable bonds is 6. The second-order valence-electron chi connectivity index (χ2n) is 9.17. The van der Waals surface area contributed by atoms with E-state index in [9.17, 15) is 9.59 Å². The first-order valence-corrected chi connectivity index (χ1v) is 11.4. The zero-order chi connectivity index (χ0) is 22.5. The third kappa shape index (κ3) is 3.75. The van der Waals surface area contributed by atoms with E-state index in [0.717, 1.165) is 28.2 Å². The second kappa shape index (κ2) is 7.73. The number of ketones is 1. The molecule has 0 radical (unpaired) electrons. The molecule has 0 saturated heterocycles. The van der Waals surface area contributed by atoms with Gasteiger partial charge in [-0.3, -0.25) is 9.59 Å². The van der Waals surface area contributed by atoms with Crippen LogP contribution in [0.2, 0.25) is 0 Å². The van der Waals surface area contributed by atoms with Crippen LogP contribution in [0.25, 0.3) is 0 Å². The molecule has 1 fully saturated rings. The summed E-state index contributed by atoms with van der Waals surface area (Å²) < 4.78 is 12.3. The standard InChI is InChI=1S/C27H24N2O4/c1-15-3-2-4-16(11-15)12-17(30)13-21-25-20-14-18(5-7-22(20)33-26(21)25)32-23-9-10-28-27-19(23)6-8-24(31)29-27/h2-5,7,9-11,14,21,25-26H,6,8,12-13H2,1H3,(H,28,29,31)/t21-,25-,26+/m1/s1. The second-order valence-corrected chi connectivity index (χ2v) is 9.17. The van der Waals surface area contributed by atoms with Gasteiger partial charge >= 0.3 is 0 Å². The van der Waals surface area contributed by atoms with Gasteiger partial charge in [0.2, 0.25) is 5.91 Å². The molecule has 3 atom stereocenters. The summed E-state index contributed by atoms with van der Waals surface area (Å²) >= 11 is 0. The zero-order valence-electron chi connectivity index (χ0n) is 18.3. The Hall–Kier alpha value is -3.67. The van der Waals surface area contributed by atoms with E-state index in [1.807, 2.05) is 49.4 Å². The molecule has 3 aliphatic rings. The highest BCUT2D eigenvalue weighted by atomic mass is 16.5. The van der Waals surface area contributed by atoms with E-state index in [1.165, 1.54) is 5.56 Å². The molecule has 3 heterocycles. The van der Waals surface area contributed by atoms with Crippen molar-refractivity contribution < 1.29 is 19.1 Å². The van der Waals surface area contributed by atoms with Crippen molar-refractivity contribution in [2.75, 3.05) is 5.32 Å². The molecule has 1 amide bonds. The number of nitrogens with zero attached hydrogens (tertiary/aromatic N) is 1. The fraction of sp³-hybridized carbons (Fsp3) is 0.296. The maximum Gasteiger partial charge on any atom is 0.225 e. The van der Waals surface area contributed by atoms with Crippen LogP contribution in [0.5, 0.6) is 17.2 Å². The van der Waals surface area contributed by atoms with Gasteiger partial charge in [0, 0.05) is 48.4 Å². The lowest BCUT2D eigenvalue weighted by Gasteiger charge is -2.19. The van der Waals surface area contributed by atoms with Gasteiger partial charge in [0.25, 0.3) is 0 Å². The molecule has 1 aromatic heterocycles. The Morgan fingerprint density at radius 3 is 2.97 bits per heavy atom. The monoisotopic (exact) mass is 440 g/mol. The number of aryl methyl sites for hydroxylation is 1. The van der Waals surface area contributed by atoms with E-state index < -0.39 is 0 Å². The number of nitrogens with one attached hydrogen (secondary N) is 1. The van der Waals surface area contributed by atoms with Crippen LogP contribution in [0.3, 0.4) is 0 Å². The van der Waals surface area contributed by atoms with Crippen LogP contribution >= 0.6 is 0 Å². The van der Waals surface area contributed by atoms with Crippen molar-refractivity contribution in [3.05, 3.63) is 77.0 Å². The first-order chi connectivity index (χ1) is 16.0. The lowest BCUT2D eigenvalue weighted by atomic mass is 10.0. The minimum absolute atomic E-state index is 0.0235. The fourth-order valence-corrected chi connectivity index (χ4v) is 5.12. The fourth-order valence-electron chi connectivity index (χ4n) is 5.12. The smallest absolute Gasteiger partial charge is 0.225 e. The van der Waals surface area contributed by atoms with Gasteiger partial charge in [-0.2, -0.15) is 0 Å². The molecule has 1 aliphatic carbocycles. The molecule has 2 aromatic carbocycles. The van der Waals surface area contributed by atoms with Crippen LogP contribution < -0.4 is 14.8 Å². The average molecular weight is 440 g/mol. The molecule has 0 spiro atoms. The molecule has 166 valence electrons. The Morgan fingerprint density at radius 1 is 1.18 bits per heavy atom. The summed E-state index contributed by atoms with van der Waals surface area (Å²) in [7, 11) is 0. The summed E-state index contributed by atoms with van der Waals surface area (Å²) in [4.78, 5) is 28.6. The van der Waals surface area contributed by atoms with Gasteiger partial charge in [0.1, 0.15) is 35.0 Å². The van der Waals surface area contributed by atoms with Gasteiger partial charge < -0.3 is 14.8 Å². The van der Waals surface area contributed by atoms with Crippen molar-refractivity contribution in [1.29, 1.82) is 0 Å². The van der Waals surface area contributed by atoms with E-state index >= 15 is 0 Å². The number of benzene rings is 2. The van der Waals surface area contributed by atoms with Crippen LogP contribution in [0.4, 0.5) is 5.82 Å². The van der Waals surface area contributed by atoms with Gasteiger partial charge in [-0.25, -0.2) is 4.98 Å². The molecule has 33 heavy (non-hydrogen) atoms. The number of hydrogen-bond acceptors (Lipinski definition) is 5. The highest BCUT2D eigenvalue weighted by molar-refractivity contribution is 5.93. The molecule has 1 saturated carbocycles. The Kier molecular flexibility index (Phi) is 4.68. The number of hydrogen-bond donors (Lipinski definition) is 1. The molecule has 0 bridgehead atoms. The topological polar surface area (TPSA) is 77.5 Å². The number of fused-ring (bicyclic) bond motifs is 4. The predicted molar refractivity (Wildman–Crippen MR) is 123 cm³/mol. The van der Waals surface area contributed by atoms with Crippen LogP contribution in [0, 0.1) is 12.8 Å². The molecule has 2 aliphatic heterocycles. The van der Waals surface area contributed by atoms with Crippen molar-refractivity contribution in [3.8, 4) is 17.2 Å². The largest absolute Gasteiger partial charge is 0.489 e. The molecular formula is C27H24N2O4. The number of anilines is 1. The molecule has 6 heteroatoms. The van der Waals surface area contributed by atoms with Crippen molar-refractivity contribution in [3.63, 3.8) is 0 Å². The number of amides is 1. The van der Waals surface area contributed by atoms with Gasteiger partial charge in [-0.05, 0) is 43.2 Å². The third-order valence-electron chi connectivity index (χ3n) is 6.75. The van der Waals surface area contributed by atoms with Crippen molar-refractivity contribution in [2.24, 2.45) is 5.92 Å². The lowest BCUT2D eigenvalue weighted by Crippen LogP contribution is -2.20. The van der Waals surface area contributed by atoms with Crippen LogP contribution in [0.1, 0.15) is 41.0 Å². The quantitative estimate of drug-likeness (QED) is 0.599. The van der Waals surface area contributed by atoms with E-state index in [1.54, 1.807) is 6.20 Å². The maximum absolute atomic E-state index is 12.7. The van der Waals surface area contributed by atoms with Gasteiger partial charge in [-0.15, -0.1) is 0 Å². The van der Waals surface area contributed by atoms with E-state index in [4.69, 9.17) is 9.47 Å². The predicted octanol–water partition coefficient (Wildman–Crippen LogP) is 4.74. The first kappa shape index (κ1) is 20.0. The highest BCUT2D eigenvalue weighted by Gasteiger charge is 2.59. The molecule has 6 rings (SSSR count). The van der Waals surface area contributed by atoms with Crippen LogP contribution in [0.15, 0.2) is 54.7 Å². The Bertz CT molecular complexity index is 1280.